The Hall–Kier alpha value is -2.49. The maximum Gasteiger partial charge on any atom is 0.209 e. The molecule has 4 nitrogen and oxygen atoms in total. The predicted molar refractivity (Wildman–Crippen MR) is 84.9 cm³/mol. The first kappa shape index (κ1) is 13.5. The van der Waals surface area contributed by atoms with Crippen molar-refractivity contribution in [3.63, 3.8) is 0 Å². The first-order valence-corrected chi connectivity index (χ1v) is 7.02. The van der Waals surface area contributed by atoms with Crippen LogP contribution in [0.5, 0.6) is 0 Å². The van der Waals surface area contributed by atoms with Gasteiger partial charge in [-0.3, -0.25) is 4.40 Å². The number of imidazole rings is 1. The lowest BCUT2D eigenvalue weighted by atomic mass is 10.0. The van der Waals surface area contributed by atoms with Gasteiger partial charge in [-0.2, -0.15) is 0 Å². The van der Waals surface area contributed by atoms with Crippen molar-refractivity contribution in [2.75, 3.05) is 0 Å². The molecule has 0 aliphatic rings. The van der Waals surface area contributed by atoms with Gasteiger partial charge in [-0.1, -0.05) is 38.1 Å². The second-order valence-corrected chi connectivity index (χ2v) is 5.58. The third kappa shape index (κ3) is 2.33. The molecule has 0 bridgehead atoms. The van der Waals surface area contributed by atoms with Crippen molar-refractivity contribution in [2.24, 2.45) is 5.18 Å². The van der Waals surface area contributed by atoms with Crippen LogP contribution in [-0.2, 0) is 0 Å². The molecule has 0 radical (unpaired) electrons. The highest BCUT2D eigenvalue weighted by atomic mass is 16.3. The molecule has 0 spiro atoms. The van der Waals surface area contributed by atoms with Crippen LogP contribution in [0.2, 0.25) is 0 Å². The van der Waals surface area contributed by atoms with Crippen molar-refractivity contribution < 1.29 is 0 Å². The fraction of sp³-hybridized carbons (Fsp3) is 0.235. The molecular formula is C17H17N3O. The Labute approximate surface area is 123 Å². The lowest BCUT2D eigenvalue weighted by Crippen LogP contribution is -1.87. The maximum atomic E-state index is 11.2. The van der Waals surface area contributed by atoms with E-state index < -0.39 is 0 Å². The summed E-state index contributed by atoms with van der Waals surface area (Å²) in [5.74, 6) is 0.828. The Kier molecular flexibility index (Phi) is 3.29. The first-order valence-electron chi connectivity index (χ1n) is 7.02. The average molecular weight is 279 g/mol. The zero-order valence-electron chi connectivity index (χ0n) is 12.4. The first-order chi connectivity index (χ1) is 10.1. The summed E-state index contributed by atoms with van der Waals surface area (Å²) < 4.78 is 1.73. The molecule has 0 atom stereocenters. The Bertz CT molecular complexity index is 801. The van der Waals surface area contributed by atoms with Crippen molar-refractivity contribution in [2.45, 2.75) is 26.7 Å². The number of aryl methyl sites for hydroxylation is 1. The van der Waals surface area contributed by atoms with Gasteiger partial charge in [0.15, 0.2) is 0 Å². The molecule has 2 aromatic heterocycles. The predicted octanol–water partition coefficient (Wildman–Crippen LogP) is 4.83. The van der Waals surface area contributed by atoms with Gasteiger partial charge in [0.2, 0.25) is 5.82 Å². The van der Waals surface area contributed by atoms with Crippen molar-refractivity contribution in [1.29, 1.82) is 0 Å². The van der Waals surface area contributed by atoms with Crippen molar-refractivity contribution >= 4 is 11.5 Å². The molecule has 4 heteroatoms. The highest BCUT2D eigenvalue weighted by Crippen LogP contribution is 2.31. The minimum atomic E-state index is 0.349. The van der Waals surface area contributed by atoms with Gasteiger partial charge in [0.1, 0.15) is 11.3 Å². The molecule has 3 rings (SSSR count). The van der Waals surface area contributed by atoms with Gasteiger partial charge in [0.05, 0.1) is 0 Å². The number of nitrogens with zero attached hydrogens (tertiary/aromatic N) is 3. The van der Waals surface area contributed by atoms with Crippen LogP contribution in [-0.4, -0.2) is 9.38 Å². The number of nitroso groups, excluding NO2 is 1. The summed E-state index contributed by atoms with van der Waals surface area (Å²) in [6.45, 7) is 6.31. The molecular weight excluding hydrogens is 262 g/mol. The van der Waals surface area contributed by atoms with E-state index in [9.17, 15) is 4.91 Å². The Morgan fingerprint density at radius 3 is 2.48 bits per heavy atom. The van der Waals surface area contributed by atoms with Crippen LogP contribution in [0.3, 0.4) is 0 Å². The van der Waals surface area contributed by atoms with Crippen LogP contribution in [0.1, 0.15) is 30.9 Å². The third-order valence-electron chi connectivity index (χ3n) is 3.69. The molecule has 0 amide bonds. The van der Waals surface area contributed by atoms with E-state index >= 15 is 0 Å². The van der Waals surface area contributed by atoms with E-state index in [0.717, 1.165) is 16.8 Å². The fourth-order valence-electron chi connectivity index (χ4n) is 2.44. The van der Waals surface area contributed by atoms with Gasteiger partial charge >= 0.3 is 0 Å². The smallest absolute Gasteiger partial charge is 0.209 e. The lowest BCUT2D eigenvalue weighted by molar-refractivity contribution is 0.867. The third-order valence-corrected chi connectivity index (χ3v) is 3.69. The lowest BCUT2D eigenvalue weighted by Gasteiger charge is -2.05. The minimum absolute atomic E-state index is 0.349. The van der Waals surface area contributed by atoms with E-state index in [0.29, 0.717) is 17.4 Å². The summed E-state index contributed by atoms with van der Waals surface area (Å²) in [6.07, 6.45) is 1.83. The number of aromatic nitrogens is 2. The number of hydrogen-bond acceptors (Lipinski definition) is 3. The van der Waals surface area contributed by atoms with E-state index in [1.54, 1.807) is 4.40 Å². The molecule has 0 aliphatic carbocycles. The summed E-state index contributed by atoms with van der Waals surface area (Å²) in [5, 5.41) is 3.17. The average Bonchev–Trinajstić information content (AvgIpc) is 2.84. The number of rotatable bonds is 3. The van der Waals surface area contributed by atoms with Crippen LogP contribution in [0, 0.1) is 11.8 Å². The monoisotopic (exact) mass is 279 g/mol. The van der Waals surface area contributed by atoms with Gasteiger partial charge in [0, 0.05) is 11.8 Å². The van der Waals surface area contributed by atoms with Crippen LogP contribution in [0.4, 0.5) is 5.82 Å². The summed E-state index contributed by atoms with van der Waals surface area (Å²) in [4.78, 5) is 15.8. The molecule has 0 saturated heterocycles. The second kappa shape index (κ2) is 5.13. The van der Waals surface area contributed by atoms with Crippen LogP contribution < -0.4 is 0 Å². The summed E-state index contributed by atoms with van der Waals surface area (Å²) in [6, 6.07) is 12.0. The molecule has 1 aromatic carbocycles. The number of pyridine rings is 1. The van der Waals surface area contributed by atoms with Crippen LogP contribution >= 0.6 is 0 Å². The summed E-state index contributed by atoms with van der Waals surface area (Å²) >= 11 is 0. The number of benzene rings is 1. The normalized spacial score (nSPS) is 11.2. The molecule has 3 aromatic rings. The largest absolute Gasteiger partial charge is 0.281 e. The standard InChI is InChI=1S/C17H17N3O/c1-11(2)13-4-6-14(7-5-13)16-17(19-21)20-9-8-12(3)10-15(20)18-16/h4-11H,1-3H3. The zero-order valence-corrected chi connectivity index (χ0v) is 12.4. The second-order valence-electron chi connectivity index (χ2n) is 5.58. The molecule has 0 N–H and O–H groups in total. The number of fused-ring (bicyclic) bond motifs is 1. The number of hydrogen-bond donors (Lipinski definition) is 0. The Morgan fingerprint density at radius 1 is 1.14 bits per heavy atom. The van der Waals surface area contributed by atoms with E-state index in [1.165, 1.54) is 5.56 Å². The van der Waals surface area contributed by atoms with Crippen molar-refractivity contribution in [3.05, 3.63) is 58.6 Å². The zero-order chi connectivity index (χ0) is 15.0. The quantitative estimate of drug-likeness (QED) is 0.644. The molecule has 0 aliphatic heterocycles. The highest BCUT2D eigenvalue weighted by molar-refractivity contribution is 5.74. The molecule has 0 fully saturated rings. The highest BCUT2D eigenvalue weighted by Gasteiger charge is 2.15. The van der Waals surface area contributed by atoms with Gasteiger partial charge in [-0.05, 0) is 41.3 Å². The molecule has 0 unspecified atom stereocenters. The van der Waals surface area contributed by atoms with Gasteiger partial charge in [-0.25, -0.2) is 4.98 Å². The Balaban J connectivity index is 2.17. The molecule has 106 valence electrons. The molecule has 21 heavy (non-hydrogen) atoms. The maximum absolute atomic E-state index is 11.2. The summed E-state index contributed by atoms with van der Waals surface area (Å²) in [7, 11) is 0. The van der Waals surface area contributed by atoms with E-state index in [-0.39, 0.29) is 0 Å². The SMILES string of the molecule is Cc1ccn2c(N=O)c(-c3ccc(C(C)C)cc3)nc2c1. The summed E-state index contributed by atoms with van der Waals surface area (Å²) in [5.41, 5.74) is 4.65. The van der Waals surface area contributed by atoms with E-state index in [1.807, 2.05) is 37.4 Å². The Morgan fingerprint density at radius 2 is 1.86 bits per heavy atom. The van der Waals surface area contributed by atoms with Crippen LogP contribution in [0.15, 0.2) is 47.8 Å². The minimum Gasteiger partial charge on any atom is -0.281 e. The molecule has 0 saturated carbocycles. The van der Waals surface area contributed by atoms with Crippen LogP contribution in [0.25, 0.3) is 16.9 Å². The van der Waals surface area contributed by atoms with Crippen molar-refractivity contribution in [1.82, 2.24) is 9.38 Å². The van der Waals surface area contributed by atoms with Crippen molar-refractivity contribution in [3.8, 4) is 11.3 Å². The van der Waals surface area contributed by atoms with Gasteiger partial charge in [0.25, 0.3) is 0 Å². The van der Waals surface area contributed by atoms with Gasteiger partial charge < -0.3 is 0 Å². The van der Waals surface area contributed by atoms with Gasteiger partial charge in [-0.15, -0.1) is 4.91 Å². The fourth-order valence-corrected chi connectivity index (χ4v) is 2.44. The molecule has 2 heterocycles. The van der Waals surface area contributed by atoms with E-state index in [2.05, 4.69) is 36.1 Å². The topological polar surface area (TPSA) is 46.7 Å². The van der Waals surface area contributed by atoms with E-state index in [4.69, 9.17) is 0 Å².